The van der Waals surface area contributed by atoms with Crippen molar-refractivity contribution in [3.05, 3.63) is 76.4 Å². The average molecular weight is 440 g/mol. The van der Waals surface area contributed by atoms with E-state index in [1.54, 1.807) is 24.3 Å². The number of hydrogen-bond donors (Lipinski definition) is 2. The van der Waals surface area contributed by atoms with Gasteiger partial charge in [0.25, 0.3) is 5.91 Å². The minimum atomic E-state index is -0.335. The van der Waals surface area contributed by atoms with Crippen LogP contribution >= 0.6 is 15.9 Å². The van der Waals surface area contributed by atoms with Crippen LogP contribution in [-0.2, 0) is 4.79 Å². The Morgan fingerprint density at radius 3 is 2.50 bits per heavy atom. The van der Waals surface area contributed by atoms with Crippen LogP contribution in [0.5, 0.6) is 11.6 Å². The SMILES string of the molecule is CC(=O)Nc1ccc(C)cc1NC(=O)c1ccc(Oc2cccc(Br)c2)nc1. The number of nitrogens with one attached hydrogen (secondary N) is 2. The molecule has 0 aliphatic carbocycles. The van der Waals surface area contributed by atoms with Crippen molar-refractivity contribution >= 4 is 39.1 Å². The lowest BCUT2D eigenvalue weighted by atomic mass is 10.1. The van der Waals surface area contributed by atoms with Crippen LogP contribution in [0.1, 0.15) is 22.8 Å². The summed E-state index contributed by atoms with van der Waals surface area (Å²) in [4.78, 5) is 28.1. The Morgan fingerprint density at radius 2 is 1.82 bits per heavy atom. The highest BCUT2D eigenvalue weighted by Gasteiger charge is 2.11. The molecule has 0 atom stereocenters. The molecule has 28 heavy (non-hydrogen) atoms. The molecule has 3 aromatic rings. The normalized spacial score (nSPS) is 10.2. The number of carbonyl (C=O) groups excluding carboxylic acids is 2. The Balaban J connectivity index is 1.73. The van der Waals surface area contributed by atoms with Crippen LogP contribution in [0.3, 0.4) is 0 Å². The maximum atomic E-state index is 12.6. The molecule has 2 N–H and O–H groups in total. The molecule has 7 heteroatoms. The van der Waals surface area contributed by atoms with Crippen LogP contribution in [0.4, 0.5) is 11.4 Å². The largest absolute Gasteiger partial charge is 0.439 e. The van der Waals surface area contributed by atoms with Gasteiger partial charge < -0.3 is 15.4 Å². The molecule has 0 spiro atoms. The topological polar surface area (TPSA) is 80.3 Å². The van der Waals surface area contributed by atoms with Crippen LogP contribution in [-0.4, -0.2) is 16.8 Å². The van der Waals surface area contributed by atoms with Gasteiger partial charge >= 0.3 is 0 Å². The molecule has 3 rings (SSSR count). The molecule has 2 amide bonds. The van der Waals surface area contributed by atoms with E-state index in [4.69, 9.17) is 4.74 Å². The number of carbonyl (C=O) groups is 2. The lowest BCUT2D eigenvalue weighted by molar-refractivity contribution is -0.114. The number of pyridine rings is 1. The summed E-state index contributed by atoms with van der Waals surface area (Å²) < 4.78 is 6.57. The fourth-order valence-corrected chi connectivity index (χ4v) is 2.86. The van der Waals surface area contributed by atoms with Gasteiger partial charge in [-0.25, -0.2) is 4.98 Å². The summed E-state index contributed by atoms with van der Waals surface area (Å²) in [5, 5.41) is 5.51. The predicted molar refractivity (Wildman–Crippen MR) is 112 cm³/mol. The van der Waals surface area contributed by atoms with Gasteiger partial charge in [-0.2, -0.15) is 0 Å². The lowest BCUT2D eigenvalue weighted by Crippen LogP contribution is -2.15. The number of rotatable bonds is 5. The molecule has 1 heterocycles. The maximum absolute atomic E-state index is 12.6. The Labute approximate surface area is 171 Å². The van der Waals surface area contributed by atoms with Gasteiger partial charge in [0.2, 0.25) is 11.8 Å². The first-order chi connectivity index (χ1) is 13.4. The lowest BCUT2D eigenvalue weighted by Gasteiger charge is -2.12. The number of hydrogen-bond acceptors (Lipinski definition) is 4. The van der Waals surface area contributed by atoms with Gasteiger partial charge in [0, 0.05) is 23.7 Å². The van der Waals surface area contributed by atoms with E-state index >= 15 is 0 Å². The number of ether oxygens (including phenoxy) is 1. The molecule has 0 fully saturated rings. The molecule has 2 aromatic carbocycles. The van der Waals surface area contributed by atoms with E-state index in [0.717, 1.165) is 10.0 Å². The van der Waals surface area contributed by atoms with Crippen molar-refractivity contribution < 1.29 is 14.3 Å². The standard InChI is InChI=1S/C21H18BrN3O3/c1-13-6-8-18(24-14(2)26)19(10-13)25-21(27)15-7-9-20(23-12-15)28-17-5-3-4-16(22)11-17/h3-12H,1-2H3,(H,24,26)(H,25,27). The van der Waals surface area contributed by atoms with Gasteiger partial charge in [-0.3, -0.25) is 9.59 Å². The molecular weight excluding hydrogens is 422 g/mol. The third-order valence-corrected chi connectivity index (χ3v) is 4.24. The summed E-state index contributed by atoms with van der Waals surface area (Å²) in [6, 6.07) is 16.0. The molecule has 6 nitrogen and oxygen atoms in total. The molecule has 0 bridgehead atoms. The number of halogens is 1. The molecule has 0 saturated carbocycles. The minimum Gasteiger partial charge on any atom is -0.439 e. The van der Waals surface area contributed by atoms with Crippen LogP contribution < -0.4 is 15.4 Å². The van der Waals surface area contributed by atoms with Gasteiger partial charge in [-0.1, -0.05) is 28.1 Å². The summed E-state index contributed by atoms with van der Waals surface area (Å²) in [5.41, 5.74) is 2.39. The van der Waals surface area contributed by atoms with Gasteiger partial charge in [0.15, 0.2) is 0 Å². The van der Waals surface area contributed by atoms with Crippen molar-refractivity contribution in [2.24, 2.45) is 0 Å². The molecule has 0 saturated heterocycles. The number of aromatic nitrogens is 1. The van der Waals surface area contributed by atoms with Gasteiger partial charge in [0.1, 0.15) is 5.75 Å². The second-order valence-corrected chi connectivity index (χ2v) is 7.04. The molecule has 142 valence electrons. The summed E-state index contributed by atoms with van der Waals surface area (Å²) in [7, 11) is 0. The van der Waals surface area contributed by atoms with E-state index in [0.29, 0.717) is 28.6 Å². The monoisotopic (exact) mass is 439 g/mol. The zero-order valence-corrected chi connectivity index (χ0v) is 16.9. The van der Waals surface area contributed by atoms with E-state index in [9.17, 15) is 9.59 Å². The van der Waals surface area contributed by atoms with Crippen LogP contribution in [0.15, 0.2) is 65.3 Å². The number of nitrogens with zero attached hydrogens (tertiary/aromatic N) is 1. The second kappa shape index (κ2) is 8.67. The fraction of sp³-hybridized carbons (Fsp3) is 0.0952. The molecule has 0 radical (unpaired) electrons. The summed E-state index contributed by atoms with van der Waals surface area (Å²) >= 11 is 3.38. The highest BCUT2D eigenvalue weighted by atomic mass is 79.9. The van der Waals surface area contributed by atoms with E-state index in [1.165, 1.54) is 13.1 Å². The van der Waals surface area contributed by atoms with Crippen LogP contribution in [0.2, 0.25) is 0 Å². The molecule has 0 unspecified atom stereocenters. The van der Waals surface area contributed by atoms with Crippen molar-refractivity contribution in [3.63, 3.8) is 0 Å². The summed E-state index contributed by atoms with van der Waals surface area (Å²) in [6.07, 6.45) is 1.44. The summed E-state index contributed by atoms with van der Waals surface area (Å²) in [5.74, 6) is 0.469. The Kier molecular flexibility index (Phi) is 6.06. The molecule has 1 aromatic heterocycles. The van der Waals surface area contributed by atoms with Gasteiger partial charge in [-0.05, 0) is 48.9 Å². The number of amides is 2. The predicted octanol–water partition coefficient (Wildman–Crippen LogP) is 5.16. The smallest absolute Gasteiger partial charge is 0.257 e. The second-order valence-electron chi connectivity index (χ2n) is 6.13. The highest BCUT2D eigenvalue weighted by molar-refractivity contribution is 9.10. The van der Waals surface area contributed by atoms with Crippen LogP contribution in [0.25, 0.3) is 0 Å². The highest BCUT2D eigenvalue weighted by Crippen LogP contribution is 2.25. The molecule has 0 aliphatic rings. The number of aryl methyl sites for hydroxylation is 1. The number of anilines is 2. The first-order valence-electron chi connectivity index (χ1n) is 8.50. The average Bonchev–Trinajstić information content (AvgIpc) is 2.64. The van der Waals surface area contributed by atoms with Crippen molar-refractivity contribution in [3.8, 4) is 11.6 Å². The first kappa shape index (κ1) is 19.6. The minimum absolute atomic E-state index is 0.213. The van der Waals surface area contributed by atoms with E-state index in [-0.39, 0.29) is 11.8 Å². The third kappa shape index (κ3) is 5.17. The van der Waals surface area contributed by atoms with E-state index in [1.807, 2.05) is 37.3 Å². The third-order valence-electron chi connectivity index (χ3n) is 3.75. The van der Waals surface area contributed by atoms with E-state index < -0.39 is 0 Å². The van der Waals surface area contributed by atoms with Gasteiger partial charge in [0.05, 0.1) is 16.9 Å². The van der Waals surface area contributed by atoms with Crippen molar-refractivity contribution in [2.45, 2.75) is 13.8 Å². The van der Waals surface area contributed by atoms with Crippen LogP contribution in [0, 0.1) is 6.92 Å². The Morgan fingerprint density at radius 1 is 1.00 bits per heavy atom. The molecule has 0 aliphatic heterocycles. The first-order valence-corrected chi connectivity index (χ1v) is 9.29. The van der Waals surface area contributed by atoms with E-state index in [2.05, 4.69) is 31.5 Å². The fourth-order valence-electron chi connectivity index (χ4n) is 2.48. The maximum Gasteiger partial charge on any atom is 0.257 e. The van der Waals surface area contributed by atoms with Crippen molar-refractivity contribution in [2.75, 3.05) is 10.6 Å². The Bertz CT molecular complexity index is 1020. The van der Waals surface area contributed by atoms with Crippen molar-refractivity contribution in [1.29, 1.82) is 0 Å². The van der Waals surface area contributed by atoms with Crippen molar-refractivity contribution in [1.82, 2.24) is 4.98 Å². The molecular formula is C21H18BrN3O3. The number of benzene rings is 2. The quantitative estimate of drug-likeness (QED) is 0.575. The zero-order chi connectivity index (χ0) is 20.1. The zero-order valence-electron chi connectivity index (χ0n) is 15.3. The Hall–Kier alpha value is -3.19. The van der Waals surface area contributed by atoms with Gasteiger partial charge in [-0.15, -0.1) is 0 Å². The summed E-state index contributed by atoms with van der Waals surface area (Å²) in [6.45, 7) is 3.32.